The highest BCUT2D eigenvalue weighted by Gasteiger charge is 2.39. The Labute approximate surface area is 132 Å². The van der Waals surface area contributed by atoms with E-state index in [1.54, 1.807) is 24.3 Å². The van der Waals surface area contributed by atoms with E-state index in [0.29, 0.717) is 13.0 Å². The summed E-state index contributed by atoms with van der Waals surface area (Å²) in [5, 5.41) is 0. The fraction of sp³-hybridized carbons (Fsp3) is 0.562. The smallest absolute Gasteiger partial charge is 0.302 e. The lowest BCUT2D eigenvalue weighted by Gasteiger charge is -2.41. The van der Waals surface area contributed by atoms with Crippen molar-refractivity contribution in [2.24, 2.45) is 5.41 Å². The minimum absolute atomic E-state index is 0.208. The third kappa shape index (κ3) is 3.87. The van der Waals surface area contributed by atoms with E-state index in [1.165, 1.54) is 11.2 Å². The summed E-state index contributed by atoms with van der Waals surface area (Å²) in [7, 11) is -3.58. The third-order valence-corrected chi connectivity index (χ3v) is 5.61. The second kappa shape index (κ2) is 6.01. The molecule has 0 aromatic heterocycles. The van der Waals surface area contributed by atoms with Gasteiger partial charge in [0.1, 0.15) is 6.10 Å². The lowest BCUT2D eigenvalue weighted by molar-refractivity contribution is -0.150. The van der Waals surface area contributed by atoms with E-state index in [9.17, 15) is 13.2 Å². The van der Waals surface area contributed by atoms with Crippen molar-refractivity contribution in [2.45, 2.75) is 45.1 Å². The second-order valence-corrected chi connectivity index (χ2v) is 8.65. The number of ether oxygens (including phenoxy) is 1. The molecule has 1 saturated heterocycles. The van der Waals surface area contributed by atoms with Crippen LogP contribution < -0.4 is 0 Å². The number of hydrogen-bond acceptors (Lipinski definition) is 4. The summed E-state index contributed by atoms with van der Waals surface area (Å²) in [6.07, 6.45) is 0.258. The third-order valence-electron chi connectivity index (χ3n) is 3.78. The lowest BCUT2D eigenvalue weighted by atomic mass is 9.84. The Morgan fingerprint density at radius 1 is 1.27 bits per heavy atom. The Morgan fingerprint density at radius 3 is 2.41 bits per heavy atom. The number of sulfonamides is 1. The number of benzene rings is 1. The Hall–Kier alpha value is -1.40. The number of esters is 1. The van der Waals surface area contributed by atoms with Crippen LogP contribution >= 0.6 is 0 Å². The highest BCUT2D eigenvalue weighted by atomic mass is 32.2. The fourth-order valence-corrected chi connectivity index (χ4v) is 4.53. The zero-order valence-electron chi connectivity index (χ0n) is 13.5. The maximum absolute atomic E-state index is 12.8. The van der Waals surface area contributed by atoms with Crippen molar-refractivity contribution in [3.05, 3.63) is 29.8 Å². The molecule has 0 amide bonds. The summed E-state index contributed by atoms with van der Waals surface area (Å²) in [5.74, 6) is -0.379. The molecule has 1 fully saturated rings. The van der Waals surface area contributed by atoms with Crippen LogP contribution in [0.4, 0.5) is 0 Å². The first kappa shape index (κ1) is 17.0. The molecule has 0 bridgehead atoms. The Balaban J connectivity index is 2.28. The van der Waals surface area contributed by atoms with Crippen molar-refractivity contribution in [3.63, 3.8) is 0 Å². The van der Waals surface area contributed by atoms with E-state index in [1.807, 2.05) is 20.8 Å². The van der Waals surface area contributed by atoms with Gasteiger partial charge >= 0.3 is 5.97 Å². The molecule has 0 radical (unpaired) electrons. The molecule has 0 unspecified atom stereocenters. The van der Waals surface area contributed by atoms with Gasteiger partial charge in [0.15, 0.2) is 0 Å². The molecule has 1 aliphatic heterocycles. The van der Waals surface area contributed by atoms with Crippen LogP contribution in [0, 0.1) is 12.3 Å². The number of aryl methyl sites for hydroxylation is 1. The topological polar surface area (TPSA) is 63.7 Å². The highest BCUT2D eigenvalue weighted by molar-refractivity contribution is 7.89. The molecule has 0 N–H and O–H groups in total. The minimum atomic E-state index is -3.58. The molecule has 22 heavy (non-hydrogen) atoms. The molecule has 0 aliphatic carbocycles. The predicted octanol–water partition coefficient (Wildman–Crippen LogP) is 2.35. The average Bonchev–Trinajstić information content (AvgIpc) is 2.36. The molecule has 122 valence electrons. The zero-order valence-corrected chi connectivity index (χ0v) is 14.3. The molecule has 5 nitrogen and oxygen atoms in total. The van der Waals surface area contributed by atoms with Gasteiger partial charge in [0.05, 0.1) is 11.4 Å². The first-order valence-corrected chi connectivity index (χ1v) is 8.78. The SMILES string of the molecule is CC(=O)O[C@H]1CN(S(=O)(=O)c2ccc(C)cc2)CC(C)(C)C1. The monoisotopic (exact) mass is 325 g/mol. The first-order valence-electron chi connectivity index (χ1n) is 7.34. The van der Waals surface area contributed by atoms with Crippen molar-refractivity contribution in [2.75, 3.05) is 13.1 Å². The quantitative estimate of drug-likeness (QED) is 0.800. The summed E-state index contributed by atoms with van der Waals surface area (Å²) in [4.78, 5) is 11.5. The summed E-state index contributed by atoms with van der Waals surface area (Å²) in [6.45, 7) is 7.86. The van der Waals surface area contributed by atoms with Gasteiger partial charge in [0, 0.05) is 13.5 Å². The van der Waals surface area contributed by atoms with Gasteiger partial charge in [-0.05, 0) is 30.9 Å². The van der Waals surface area contributed by atoms with Gasteiger partial charge in [-0.3, -0.25) is 4.79 Å². The normalized spacial score (nSPS) is 22.3. The van der Waals surface area contributed by atoms with Crippen molar-refractivity contribution < 1.29 is 17.9 Å². The van der Waals surface area contributed by atoms with Crippen LogP contribution in [-0.2, 0) is 19.6 Å². The summed E-state index contributed by atoms with van der Waals surface area (Å²) in [6, 6.07) is 6.80. The molecule has 1 atom stereocenters. The van der Waals surface area contributed by atoms with Crippen molar-refractivity contribution in [1.82, 2.24) is 4.31 Å². The summed E-state index contributed by atoms with van der Waals surface area (Å²) < 4.78 is 32.3. The number of piperidine rings is 1. The summed E-state index contributed by atoms with van der Waals surface area (Å²) >= 11 is 0. The van der Waals surface area contributed by atoms with Gasteiger partial charge in [0.25, 0.3) is 0 Å². The van der Waals surface area contributed by atoms with E-state index in [0.717, 1.165) is 5.56 Å². The lowest BCUT2D eigenvalue weighted by Crippen LogP contribution is -2.50. The molecular weight excluding hydrogens is 302 g/mol. The Morgan fingerprint density at radius 2 is 1.86 bits per heavy atom. The van der Waals surface area contributed by atoms with Gasteiger partial charge < -0.3 is 4.74 Å². The summed E-state index contributed by atoms with van der Waals surface area (Å²) in [5.41, 5.74) is 0.770. The largest absolute Gasteiger partial charge is 0.461 e. The standard InChI is InChI=1S/C16H23NO4S/c1-12-5-7-15(8-6-12)22(19,20)17-10-14(21-13(2)18)9-16(3,4)11-17/h5-8,14H,9-11H2,1-4H3/t14-/m1/s1. The fourth-order valence-electron chi connectivity index (χ4n) is 2.87. The second-order valence-electron chi connectivity index (χ2n) is 6.71. The molecule has 6 heteroatoms. The highest BCUT2D eigenvalue weighted by Crippen LogP contribution is 2.33. The van der Waals surface area contributed by atoms with Crippen LogP contribution in [0.15, 0.2) is 29.2 Å². The Kier molecular flexibility index (Phi) is 4.63. The van der Waals surface area contributed by atoms with E-state index < -0.39 is 16.1 Å². The molecular formula is C16H23NO4S. The van der Waals surface area contributed by atoms with Crippen LogP contribution in [0.1, 0.15) is 32.8 Å². The maximum Gasteiger partial charge on any atom is 0.302 e. The van der Waals surface area contributed by atoms with Gasteiger partial charge in [-0.1, -0.05) is 31.5 Å². The van der Waals surface area contributed by atoms with Crippen LogP contribution in [0.25, 0.3) is 0 Å². The zero-order chi connectivity index (χ0) is 16.5. The minimum Gasteiger partial charge on any atom is -0.461 e. The van der Waals surface area contributed by atoms with Gasteiger partial charge in [-0.15, -0.1) is 0 Å². The van der Waals surface area contributed by atoms with E-state index in [2.05, 4.69) is 0 Å². The van der Waals surface area contributed by atoms with Crippen LogP contribution in [0.3, 0.4) is 0 Å². The number of carbonyl (C=O) groups excluding carboxylic acids is 1. The van der Waals surface area contributed by atoms with Gasteiger partial charge in [-0.25, -0.2) is 8.42 Å². The average molecular weight is 325 g/mol. The number of rotatable bonds is 3. The molecule has 0 spiro atoms. The Bertz CT molecular complexity index is 649. The van der Waals surface area contributed by atoms with Gasteiger partial charge in [-0.2, -0.15) is 4.31 Å². The molecule has 1 aliphatic rings. The molecule has 1 aromatic carbocycles. The number of hydrogen-bond donors (Lipinski definition) is 0. The van der Waals surface area contributed by atoms with E-state index in [4.69, 9.17) is 4.74 Å². The van der Waals surface area contributed by atoms with Gasteiger partial charge in [0.2, 0.25) is 10.0 Å². The van der Waals surface area contributed by atoms with E-state index >= 15 is 0 Å². The van der Waals surface area contributed by atoms with Crippen molar-refractivity contribution in [1.29, 1.82) is 0 Å². The van der Waals surface area contributed by atoms with Crippen LogP contribution in [-0.4, -0.2) is 37.9 Å². The van der Waals surface area contributed by atoms with Crippen LogP contribution in [0.2, 0.25) is 0 Å². The van der Waals surface area contributed by atoms with Crippen molar-refractivity contribution in [3.8, 4) is 0 Å². The molecule has 1 heterocycles. The molecule has 1 aromatic rings. The van der Waals surface area contributed by atoms with E-state index in [-0.39, 0.29) is 22.8 Å². The predicted molar refractivity (Wildman–Crippen MR) is 83.9 cm³/mol. The molecule has 2 rings (SSSR count). The first-order chi connectivity index (χ1) is 10.1. The maximum atomic E-state index is 12.8. The molecule has 0 saturated carbocycles. The number of nitrogens with zero attached hydrogens (tertiary/aromatic N) is 1. The van der Waals surface area contributed by atoms with Crippen molar-refractivity contribution >= 4 is 16.0 Å². The van der Waals surface area contributed by atoms with Crippen LogP contribution in [0.5, 0.6) is 0 Å². The number of carbonyl (C=O) groups is 1.